The summed E-state index contributed by atoms with van der Waals surface area (Å²) in [5.41, 5.74) is 2.60. The first-order valence-electron chi connectivity index (χ1n) is 10.5. The molecule has 1 heterocycles. The van der Waals surface area contributed by atoms with Gasteiger partial charge in [0.15, 0.2) is 11.5 Å². The molecule has 0 amide bonds. The number of allylic oxidation sites excluding steroid dienone is 1. The molecule has 2 atom stereocenters. The van der Waals surface area contributed by atoms with Gasteiger partial charge in [-0.2, -0.15) is 11.8 Å². The summed E-state index contributed by atoms with van der Waals surface area (Å²) in [7, 11) is 0. The lowest BCUT2D eigenvalue weighted by atomic mass is 9.69. The second-order valence-electron chi connectivity index (χ2n) is 7.37. The van der Waals surface area contributed by atoms with Crippen molar-refractivity contribution in [2.24, 2.45) is 10.9 Å². The minimum absolute atomic E-state index is 0.0293. The van der Waals surface area contributed by atoms with E-state index in [0.717, 1.165) is 35.6 Å². The molecule has 162 valence electrons. The van der Waals surface area contributed by atoms with Crippen molar-refractivity contribution in [3.63, 3.8) is 0 Å². The molecule has 1 unspecified atom stereocenters. The molecule has 2 aliphatic rings. The number of hydrogen-bond acceptors (Lipinski definition) is 7. The average molecular weight is 432 g/mol. The summed E-state index contributed by atoms with van der Waals surface area (Å²) in [5, 5.41) is 10.1. The molecule has 0 radical (unpaired) electrons. The van der Waals surface area contributed by atoms with Crippen LogP contribution in [0.25, 0.3) is 0 Å². The Morgan fingerprint density at radius 2 is 2.07 bits per heavy atom. The van der Waals surface area contributed by atoms with Gasteiger partial charge in [-0.25, -0.2) is 4.79 Å². The van der Waals surface area contributed by atoms with Crippen LogP contribution in [-0.4, -0.2) is 47.3 Å². The van der Waals surface area contributed by atoms with Crippen LogP contribution in [0.5, 0.6) is 11.5 Å². The molecule has 1 N–H and O–H groups in total. The van der Waals surface area contributed by atoms with Crippen molar-refractivity contribution in [3.8, 4) is 11.5 Å². The molecule has 6 nitrogen and oxygen atoms in total. The van der Waals surface area contributed by atoms with E-state index in [4.69, 9.17) is 9.47 Å². The minimum atomic E-state index is -0.489. The lowest BCUT2D eigenvalue weighted by Gasteiger charge is -2.35. The number of nitrogens with zero attached hydrogens (tertiary/aromatic N) is 1. The SMILES string of the molecule is CCOc1cc([C@@H]2C(C(=O)OCCSCC)=C(C)N=C3CCCC(=O)C32)ccc1O. The van der Waals surface area contributed by atoms with Gasteiger partial charge in [0.2, 0.25) is 0 Å². The van der Waals surface area contributed by atoms with Gasteiger partial charge in [0.05, 0.1) is 18.1 Å². The van der Waals surface area contributed by atoms with Crippen LogP contribution < -0.4 is 4.74 Å². The quantitative estimate of drug-likeness (QED) is 0.489. The Morgan fingerprint density at radius 1 is 1.27 bits per heavy atom. The maximum absolute atomic E-state index is 13.1. The first-order chi connectivity index (χ1) is 14.5. The fourth-order valence-corrected chi connectivity index (χ4v) is 4.65. The van der Waals surface area contributed by atoms with E-state index in [2.05, 4.69) is 11.9 Å². The highest BCUT2D eigenvalue weighted by Crippen LogP contribution is 2.44. The molecule has 0 aromatic heterocycles. The molecule has 1 aromatic carbocycles. The summed E-state index contributed by atoms with van der Waals surface area (Å²) < 4.78 is 11.1. The topological polar surface area (TPSA) is 85.2 Å². The molecule has 1 aliphatic carbocycles. The Balaban J connectivity index is 2.02. The van der Waals surface area contributed by atoms with Gasteiger partial charge < -0.3 is 14.6 Å². The highest BCUT2D eigenvalue weighted by molar-refractivity contribution is 7.99. The molecular weight excluding hydrogens is 402 g/mol. The third-order valence-corrected chi connectivity index (χ3v) is 6.30. The van der Waals surface area contributed by atoms with E-state index < -0.39 is 17.8 Å². The van der Waals surface area contributed by atoms with Crippen molar-refractivity contribution in [2.75, 3.05) is 24.7 Å². The number of phenolic OH excluding ortho intramolecular Hbond substituents is 1. The molecule has 1 aromatic rings. The van der Waals surface area contributed by atoms with Gasteiger partial charge in [-0.1, -0.05) is 13.0 Å². The van der Waals surface area contributed by atoms with Crippen molar-refractivity contribution >= 4 is 29.2 Å². The fraction of sp³-hybridized carbons (Fsp3) is 0.522. The lowest BCUT2D eigenvalue weighted by Crippen LogP contribution is -2.39. The van der Waals surface area contributed by atoms with Crippen molar-refractivity contribution < 1.29 is 24.2 Å². The number of fused-ring (bicyclic) bond motifs is 1. The van der Waals surface area contributed by atoms with E-state index in [0.29, 0.717) is 36.7 Å². The van der Waals surface area contributed by atoms with E-state index in [-0.39, 0.29) is 11.5 Å². The molecule has 0 bridgehead atoms. The highest BCUT2D eigenvalue weighted by Gasteiger charge is 2.44. The molecule has 7 heteroatoms. The largest absolute Gasteiger partial charge is 0.504 e. The van der Waals surface area contributed by atoms with Crippen molar-refractivity contribution in [1.82, 2.24) is 0 Å². The number of thioether (sulfide) groups is 1. The Hall–Kier alpha value is -2.28. The summed E-state index contributed by atoms with van der Waals surface area (Å²) in [6.07, 6.45) is 2.00. The number of esters is 1. The number of phenols is 1. The number of carbonyl (C=O) groups is 2. The second-order valence-corrected chi connectivity index (χ2v) is 8.76. The minimum Gasteiger partial charge on any atom is -0.504 e. The molecule has 30 heavy (non-hydrogen) atoms. The number of Topliss-reactive ketones (excluding diaryl/α,β-unsaturated/α-hetero) is 1. The van der Waals surface area contributed by atoms with E-state index in [1.807, 2.05) is 6.92 Å². The van der Waals surface area contributed by atoms with Gasteiger partial charge in [0.25, 0.3) is 0 Å². The zero-order chi connectivity index (χ0) is 21.7. The summed E-state index contributed by atoms with van der Waals surface area (Å²) in [6.45, 7) is 6.41. The van der Waals surface area contributed by atoms with Crippen LogP contribution in [0.15, 0.2) is 34.5 Å². The standard InChI is InChI=1S/C23H29NO5S/c1-4-28-19-13-15(9-10-17(19)25)21-20(23(27)29-11-12-30-5-2)14(3)24-16-7-6-8-18(26)22(16)21/h9-10,13,21-22,25H,4-8,11-12H2,1-3H3/t21-,22?/m1/s1. The van der Waals surface area contributed by atoms with Crippen molar-refractivity contribution in [1.29, 1.82) is 0 Å². The third kappa shape index (κ3) is 4.72. The van der Waals surface area contributed by atoms with E-state index in [1.165, 1.54) is 0 Å². The van der Waals surface area contributed by atoms with E-state index >= 15 is 0 Å². The fourth-order valence-electron chi connectivity index (χ4n) is 4.16. The maximum Gasteiger partial charge on any atom is 0.336 e. The molecule has 1 fully saturated rings. The number of hydrogen-bond donors (Lipinski definition) is 1. The van der Waals surface area contributed by atoms with Gasteiger partial charge in [-0.3, -0.25) is 9.79 Å². The van der Waals surface area contributed by atoms with Crippen LogP contribution in [0, 0.1) is 5.92 Å². The van der Waals surface area contributed by atoms with Gasteiger partial charge in [0, 0.05) is 29.5 Å². The Bertz CT molecular complexity index is 876. The molecule has 0 spiro atoms. The highest BCUT2D eigenvalue weighted by atomic mass is 32.2. The predicted molar refractivity (Wildman–Crippen MR) is 118 cm³/mol. The first kappa shape index (κ1) is 22.4. The number of carbonyl (C=O) groups excluding carboxylic acids is 2. The normalized spacial score (nSPS) is 21.2. The third-order valence-electron chi connectivity index (χ3n) is 5.44. The molecule has 1 saturated carbocycles. The number of aromatic hydroxyl groups is 1. The van der Waals surface area contributed by atoms with Crippen molar-refractivity contribution in [2.45, 2.75) is 46.0 Å². The predicted octanol–water partition coefficient (Wildman–Crippen LogP) is 4.27. The summed E-state index contributed by atoms with van der Waals surface area (Å²) >= 11 is 1.70. The monoisotopic (exact) mass is 431 g/mol. The number of benzene rings is 1. The molecule has 0 saturated heterocycles. The van der Waals surface area contributed by atoms with Crippen LogP contribution in [0.3, 0.4) is 0 Å². The summed E-state index contributed by atoms with van der Waals surface area (Å²) in [5.74, 6) is 0.750. The number of ketones is 1. The van der Waals surface area contributed by atoms with E-state index in [1.54, 1.807) is 36.9 Å². The Kier molecular flexibility index (Phi) is 7.58. The van der Waals surface area contributed by atoms with Crippen LogP contribution in [0.2, 0.25) is 0 Å². The van der Waals surface area contributed by atoms with Crippen LogP contribution in [0.1, 0.15) is 51.5 Å². The smallest absolute Gasteiger partial charge is 0.336 e. The van der Waals surface area contributed by atoms with Gasteiger partial charge >= 0.3 is 5.97 Å². The van der Waals surface area contributed by atoms with Gasteiger partial charge in [-0.05, 0) is 50.1 Å². The van der Waals surface area contributed by atoms with Gasteiger partial charge in [0.1, 0.15) is 12.4 Å². The van der Waals surface area contributed by atoms with Crippen LogP contribution in [0.4, 0.5) is 0 Å². The van der Waals surface area contributed by atoms with Gasteiger partial charge in [-0.15, -0.1) is 0 Å². The number of rotatable bonds is 8. The summed E-state index contributed by atoms with van der Waals surface area (Å²) in [6, 6.07) is 5.03. The molecule has 1 aliphatic heterocycles. The molecule has 3 rings (SSSR count). The second kappa shape index (κ2) is 10.2. The zero-order valence-corrected chi connectivity index (χ0v) is 18.6. The number of ether oxygens (including phenoxy) is 2. The zero-order valence-electron chi connectivity index (χ0n) is 17.8. The Labute approximate surface area is 181 Å². The van der Waals surface area contributed by atoms with Crippen LogP contribution >= 0.6 is 11.8 Å². The first-order valence-corrected chi connectivity index (χ1v) is 11.6. The van der Waals surface area contributed by atoms with Crippen molar-refractivity contribution in [3.05, 3.63) is 35.0 Å². The average Bonchev–Trinajstić information content (AvgIpc) is 2.72. The number of aliphatic imine (C=N–C) groups is 1. The molecular formula is C23H29NO5S. The summed E-state index contributed by atoms with van der Waals surface area (Å²) in [4.78, 5) is 30.6. The maximum atomic E-state index is 13.1. The lowest BCUT2D eigenvalue weighted by molar-refractivity contribution is -0.139. The Morgan fingerprint density at radius 3 is 2.80 bits per heavy atom. The van der Waals surface area contributed by atoms with E-state index in [9.17, 15) is 14.7 Å². The van der Waals surface area contributed by atoms with Crippen LogP contribution in [-0.2, 0) is 14.3 Å².